The fourth-order valence-corrected chi connectivity index (χ4v) is 4.89. The average Bonchev–Trinajstić information content (AvgIpc) is 3.04. The van der Waals surface area contributed by atoms with Crippen molar-refractivity contribution in [3.8, 4) is 0 Å². The Labute approximate surface area is 299 Å². The van der Waals surface area contributed by atoms with E-state index in [4.69, 9.17) is 18.5 Å². The monoisotopic (exact) mass is 705 g/mol. The molecule has 0 aliphatic heterocycles. The predicted molar refractivity (Wildman–Crippen MR) is 203 cm³/mol. The van der Waals surface area contributed by atoms with Crippen molar-refractivity contribution >= 4 is 13.8 Å². The third kappa shape index (κ3) is 36.8. The molecule has 0 amide bonds. The summed E-state index contributed by atoms with van der Waals surface area (Å²) in [5.41, 5.74) is 0. The Morgan fingerprint density at radius 3 is 1.65 bits per heavy atom. The molecule has 2 unspecified atom stereocenters. The highest BCUT2D eigenvalue weighted by Crippen LogP contribution is 2.38. The molecule has 0 aliphatic rings. The second-order valence-corrected chi connectivity index (χ2v) is 14.2. The van der Waals surface area contributed by atoms with Crippen molar-refractivity contribution in [3.63, 3.8) is 0 Å². The standard InChI is InChI=1S/C40H68NO7P/c1-6-8-10-12-14-16-18-20-22-24-26-28-30-32-35-45-37-39(38-47-49(43,44)46-36-34-41(3,4)5)48-40(42)33-31-29-27-25-23-21-19-17-15-13-11-9-7-2/h8-11,14-17,20-23,27,29,39H,6-7,12-13,18-19,24-26,28,30-38H2,1-5H3/b10-8-,11-9-,16-14-,17-15-,22-20-,23-21-,29-27-. The first-order valence-corrected chi connectivity index (χ1v) is 19.8. The third-order valence-corrected chi connectivity index (χ3v) is 7.92. The molecule has 2 atom stereocenters. The summed E-state index contributed by atoms with van der Waals surface area (Å²) >= 11 is 0. The Bertz CT molecular complexity index is 1050. The van der Waals surface area contributed by atoms with Crippen LogP contribution in [0, 0.1) is 0 Å². The number of hydrogen-bond donors (Lipinski definition) is 0. The quantitative estimate of drug-likeness (QED) is 0.0226. The SMILES string of the molecule is CC/C=C\C/C=C\C/C=C\C/C=C\CCC(=O)OC(COCCCCCC/C=C\C/C=C\C/C=C\CC)COP(=O)([O-])OCC[N+](C)(C)C. The predicted octanol–water partition coefficient (Wildman–Crippen LogP) is 9.52. The molecule has 0 saturated carbocycles. The van der Waals surface area contributed by atoms with Crippen LogP contribution in [0.1, 0.15) is 104 Å². The fraction of sp³-hybridized carbons (Fsp3) is 0.625. The number of hydrogen-bond acceptors (Lipinski definition) is 7. The number of rotatable bonds is 32. The minimum Gasteiger partial charge on any atom is -0.756 e. The summed E-state index contributed by atoms with van der Waals surface area (Å²) in [6, 6.07) is 0. The highest BCUT2D eigenvalue weighted by atomic mass is 31.2. The number of phosphoric ester groups is 1. The Kier molecular flexibility index (Phi) is 31.3. The molecular weight excluding hydrogens is 637 g/mol. The molecule has 0 saturated heterocycles. The number of ether oxygens (including phenoxy) is 2. The van der Waals surface area contributed by atoms with E-state index >= 15 is 0 Å². The molecular formula is C40H68NO7P. The Balaban J connectivity index is 4.50. The maximum atomic E-state index is 12.5. The summed E-state index contributed by atoms with van der Waals surface area (Å²) in [7, 11) is 1.28. The molecule has 9 heteroatoms. The molecule has 0 aliphatic carbocycles. The first-order valence-electron chi connectivity index (χ1n) is 18.3. The van der Waals surface area contributed by atoms with Crippen molar-refractivity contribution in [2.45, 2.75) is 110 Å². The summed E-state index contributed by atoms with van der Waals surface area (Å²) in [5.74, 6) is -0.428. The first kappa shape index (κ1) is 46.7. The Hall–Kier alpha value is -2.32. The second-order valence-electron chi connectivity index (χ2n) is 12.8. The van der Waals surface area contributed by atoms with Crippen molar-refractivity contribution in [3.05, 3.63) is 85.1 Å². The first-order chi connectivity index (χ1) is 23.6. The number of esters is 1. The van der Waals surface area contributed by atoms with E-state index < -0.39 is 19.9 Å². The lowest BCUT2D eigenvalue weighted by molar-refractivity contribution is -0.870. The summed E-state index contributed by atoms with van der Waals surface area (Å²) in [6.07, 6.45) is 41.9. The summed E-state index contributed by atoms with van der Waals surface area (Å²) < 4.78 is 34.3. The summed E-state index contributed by atoms with van der Waals surface area (Å²) in [4.78, 5) is 24.9. The third-order valence-electron chi connectivity index (χ3n) is 6.96. The van der Waals surface area contributed by atoms with Crippen LogP contribution in [0.2, 0.25) is 0 Å². The van der Waals surface area contributed by atoms with Gasteiger partial charge in [-0.05, 0) is 70.6 Å². The van der Waals surface area contributed by atoms with Crippen molar-refractivity contribution in [1.82, 2.24) is 0 Å². The minimum atomic E-state index is -4.55. The minimum absolute atomic E-state index is 0.00385. The number of unbranched alkanes of at least 4 members (excludes halogenated alkanes) is 4. The molecule has 0 bridgehead atoms. The zero-order valence-electron chi connectivity index (χ0n) is 31.3. The molecule has 0 N–H and O–H groups in total. The lowest BCUT2D eigenvalue weighted by Crippen LogP contribution is -2.37. The zero-order chi connectivity index (χ0) is 36.3. The van der Waals surface area contributed by atoms with E-state index in [0.717, 1.165) is 77.0 Å². The van der Waals surface area contributed by atoms with Crippen molar-refractivity contribution < 1.29 is 37.3 Å². The van der Waals surface area contributed by atoms with E-state index in [-0.39, 0.29) is 26.2 Å². The van der Waals surface area contributed by atoms with Gasteiger partial charge in [-0.15, -0.1) is 0 Å². The van der Waals surface area contributed by atoms with Gasteiger partial charge in [0.1, 0.15) is 19.3 Å². The fourth-order valence-electron chi connectivity index (χ4n) is 4.16. The van der Waals surface area contributed by atoms with Crippen LogP contribution in [-0.4, -0.2) is 70.7 Å². The molecule has 49 heavy (non-hydrogen) atoms. The molecule has 8 nitrogen and oxygen atoms in total. The van der Waals surface area contributed by atoms with Crippen LogP contribution >= 0.6 is 7.82 Å². The van der Waals surface area contributed by atoms with E-state index in [9.17, 15) is 14.3 Å². The van der Waals surface area contributed by atoms with Gasteiger partial charge in [-0.1, -0.05) is 112 Å². The van der Waals surface area contributed by atoms with E-state index in [2.05, 4.69) is 86.8 Å². The summed E-state index contributed by atoms with van der Waals surface area (Å²) in [6.45, 7) is 4.97. The maximum absolute atomic E-state index is 12.5. The maximum Gasteiger partial charge on any atom is 0.306 e. The van der Waals surface area contributed by atoms with Crippen LogP contribution in [0.15, 0.2) is 85.1 Å². The van der Waals surface area contributed by atoms with Gasteiger partial charge < -0.3 is 27.9 Å². The van der Waals surface area contributed by atoms with Gasteiger partial charge in [-0.3, -0.25) is 9.36 Å². The number of phosphoric acid groups is 1. The van der Waals surface area contributed by atoms with Gasteiger partial charge in [-0.2, -0.15) is 0 Å². The number of carbonyl (C=O) groups is 1. The van der Waals surface area contributed by atoms with E-state index in [1.54, 1.807) is 0 Å². The summed E-state index contributed by atoms with van der Waals surface area (Å²) in [5, 5.41) is 0. The zero-order valence-corrected chi connectivity index (χ0v) is 32.2. The topological polar surface area (TPSA) is 94.1 Å². The van der Waals surface area contributed by atoms with Gasteiger partial charge in [0, 0.05) is 13.0 Å². The molecule has 0 aromatic heterocycles. The van der Waals surface area contributed by atoms with E-state index in [0.29, 0.717) is 24.1 Å². The average molecular weight is 706 g/mol. The van der Waals surface area contributed by atoms with Crippen LogP contribution in [0.3, 0.4) is 0 Å². The molecule has 0 radical (unpaired) electrons. The number of likely N-dealkylation sites (N-methyl/N-ethyl adjacent to an activating group) is 1. The van der Waals surface area contributed by atoms with E-state index in [1.807, 2.05) is 33.3 Å². The molecule has 0 rings (SSSR count). The number of quaternary nitrogens is 1. The lowest BCUT2D eigenvalue weighted by atomic mass is 10.1. The van der Waals surface area contributed by atoms with Crippen LogP contribution < -0.4 is 4.89 Å². The smallest absolute Gasteiger partial charge is 0.306 e. The van der Waals surface area contributed by atoms with Gasteiger partial charge in [0.15, 0.2) is 0 Å². The number of carbonyl (C=O) groups excluding carboxylic acids is 1. The molecule has 0 fully saturated rings. The van der Waals surface area contributed by atoms with Gasteiger partial charge in [0.25, 0.3) is 7.82 Å². The molecule has 0 aromatic carbocycles. The van der Waals surface area contributed by atoms with Crippen LogP contribution in [-0.2, 0) is 27.9 Å². The van der Waals surface area contributed by atoms with Crippen LogP contribution in [0.4, 0.5) is 0 Å². The number of allylic oxidation sites excluding steroid dienone is 14. The molecule has 0 heterocycles. The Morgan fingerprint density at radius 2 is 1.12 bits per heavy atom. The highest BCUT2D eigenvalue weighted by Gasteiger charge is 2.20. The van der Waals surface area contributed by atoms with Gasteiger partial charge >= 0.3 is 5.97 Å². The largest absolute Gasteiger partial charge is 0.756 e. The molecule has 0 aromatic rings. The van der Waals surface area contributed by atoms with Crippen molar-refractivity contribution in [2.75, 3.05) is 54.1 Å². The number of nitrogens with zero attached hydrogens (tertiary/aromatic N) is 1. The molecule has 0 spiro atoms. The normalized spacial score (nSPS) is 15.0. The van der Waals surface area contributed by atoms with Gasteiger partial charge in [0.05, 0.1) is 34.4 Å². The Morgan fingerprint density at radius 1 is 0.633 bits per heavy atom. The van der Waals surface area contributed by atoms with Crippen molar-refractivity contribution in [1.29, 1.82) is 0 Å². The van der Waals surface area contributed by atoms with Gasteiger partial charge in [-0.25, -0.2) is 0 Å². The second kappa shape index (κ2) is 32.9. The van der Waals surface area contributed by atoms with E-state index in [1.165, 1.54) is 0 Å². The van der Waals surface area contributed by atoms with Crippen LogP contribution in [0.5, 0.6) is 0 Å². The van der Waals surface area contributed by atoms with Gasteiger partial charge in [0.2, 0.25) is 0 Å². The lowest BCUT2D eigenvalue weighted by Gasteiger charge is -2.28. The van der Waals surface area contributed by atoms with Crippen LogP contribution in [0.25, 0.3) is 0 Å². The van der Waals surface area contributed by atoms with Crippen molar-refractivity contribution in [2.24, 2.45) is 0 Å². The molecule has 280 valence electrons. The highest BCUT2D eigenvalue weighted by molar-refractivity contribution is 7.45.